The van der Waals surface area contributed by atoms with Gasteiger partial charge in [-0.05, 0) is 30.7 Å². The highest BCUT2D eigenvalue weighted by Crippen LogP contribution is 2.21. The van der Waals surface area contributed by atoms with Crippen molar-refractivity contribution in [2.75, 3.05) is 26.2 Å². The molecule has 1 saturated heterocycles. The number of para-hydroxylation sites is 1. The first-order valence-corrected chi connectivity index (χ1v) is 12.8. The number of rotatable bonds is 7. The lowest BCUT2D eigenvalue weighted by atomic mass is 10.0. The molecule has 2 amide bonds. The van der Waals surface area contributed by atoms with Gasteiger partial charge in [-0.25, -0.2) is 8.42 Å². The molecular formula is C25H28N4O5S. The zero-order valence-electron chi connectivity index (χ0n) is 19.7. The average molecular weight is 497 g/mol. The molecule has 0 saturated carbocycles. The van der Waals surface area contributed by atoms with Crippen molar-refractivity contribution in [3.63, 3.8) is 0 Å². The number of amides is 2. The molecule has 4 rings (SSSR count). The summed E-state index contributed by atoms with van der Waals surface area (Å²) in [6.07, 6.45) is 2.16. The molecule has 1 aliphatic rings. The number of piperazine rings is 1. The summed E-state index contributed by atoms with van der Waals surface area (Å²) in [7, 11) is -3.75. The summed E-state index contributed by atoms with van der Waals surface area (Å²) in [4.78, 5) is 41.5. The Morgan fingerprint density at radius 1 is 0.971 bits per heavy atom. The molecule has 0 spiro atoms. The number of carbonyl (C=O) groups is 3. The van der Waals surface area contributed by atoms with Gasteiger partial charge in [0.05, 0.1) is 4.90 Å². The van der Waals surface area contributed by atoms with Crippen LogP contribution in [0.3, 0.4) is 0 Å². The van der Waals surface area contributed by atoms with Crippen LogP contribution >= 0.6 is 0 Å². The smallest absolute Gasteiger partial charge is 0.245 e. The predicted octanol–water partition coefficient (Wildman–Crippen LogP) is 1.95. The molecule has 2 N–H and O–H groups in total. The standard InChI is InChI=1S/C25H28N4O5S/c1-17(30)19-7-9-21(10-8-19)35(33,34)29-13-11-28(12-14-29)25(32)24(27-18(2)31)15-20-16-26-23-6-4-3-5-22(20)23/h3-10,16,24,26H,11-15H2,1-2H3,(H,27,31)/t24-/m0/s1. The molecule has 2 aromatic carbocycles. The van der Waals surface area contributed by atoms with Crippen molar-refractivity contribution in [2.24, 2.45) is 0 Å². The van der Waals surface area contributed by atoms with Gasteiger partial charge in [0.15, 0.2) is 5.78 Å². The Bertz CT molecular complexity index is 1360. The van der Waals surface area contributed by atoms with Crippen LogP contribution in [0.5, 0.6) is 0 Å². The number of fused-ring (bicyclic) bond motifs is 1. The molecule has 3 aromatic rings. The normalized spacial score (nSPS) is 15.7. The van der Waals surface area contributed by atoms with E-state index in [0.29, 0.717) is 12.0 Å². The van der Waals surface area contributed by atoms with Gasteiger partial charge in [0.1, 0.15) is 6.04 Å². The molecule has 0 radical (unpaired) electrons. The lowest BCUT2D eigenvalue weighted by Gasteiger charge is -2.36. The highest BCUT2D eigenvalue weighted by Gasteiger charge is 2.33. The number of hydrogen-bond acceptors (Lipinski definition) is 5. The van der Waals surface area contributed by atoms with E-state index in [4.69, 9.17) is 0 Å². The first-order chi connectivity index (χ1) is 16.7. The second-order valence-corrected chi connectivity index (χ2v) is 10.6. The Morgan fingerprint density at radius 2 is 1.63 bits per heavy atom. The van der Waals surface area contributed by atoms with Gasteiger partial charge in [-0.1, -0.05) is 30.3 Å². The number of nitrogens with zero attached hydrogens (tertiary/aromatic N) is 2. The summed E-state index contributed by atoms with van der Waals surface area (Å²) in [6, 6.07) is 12.8. The van der Waals surface area contributed by atoms with Crippen LogP contribution in [0, 0.1) is 0 Å². The van der Waals surface area contributed by atoms with E-state index in [1.807, 2.05) is 30.5 Å². The van der Waals surface area contributed by atoms with Crippen LogP contribution in [0.15, 0.2) is 59.6 Å². The van der Waals surface area contributed by atoms with Crippen LogP contribution in [0.2, 0.25) is 0 Å². The maximum Gasteiger partial charge on any atom is 0.245 e. The second kappa shape index (κ2) is 10.0. The monoisotopic (exact) mass is 496 g/mol. The third kappa shape index (κ3) is 5.28. The van der Waals surface area contributed by atoms with Gasteiger partial charge in [0.2, 0.25) is 21.8 Å². The van der Waals surface area contributed by atoms with Crippen molar-refractivity contribution in [3.05, 3.63) is 65.9 Å². The number of carbonyl (C=O) groups excluding carboxylic acids is 3. The van der Waals surface area contributed by atoms with Crippen LogP contribution < -0.4 is 5.32 Å². The molecule has 1 fully saturated rings. The van der Waals surface area contributed by atoms with Crippen molar-refractivity contribution in [3.8, 4) is 0 Å². The average Bonchev–Trinajstić information content (AvgIpc) is 3.26. The summed E-state index contributed by atoms with van der Waals surface area (Å²) in [5.41, 5.74) is 2.31. The van der Waals surface area contributed by atoms with Gasteiger partial charge in [-0.3, -0.25) is 14.4 Å². The zero-order valence-corrected chi connectivity index (χ0v) is 20.5. The number of hydrogen-bond donors (Lipinski definition) is 2. The minimum absolute atomic E-state index is 0.109. The zero-order chi connectivity index (χ0) is 25.2. The summed E-state index contributed by atoms with van der Waals surface area (Å²) >= 11 is 0. The fourth-order valence-electron chi connectivity index (χ4n) is 4.35. The Kier molecular flexibility index (Phi) is 7.04. The predicted molar refractivity (Wildman–Crippen MR) is 131 cm³/mol. The third-order valence-electron chi connectivity index (χ3n) is 6.22. The van der Waals surface area contributed by atoms with Crippen molar-refractivity contribution in [1.82, 2.24) is 19.5 Å². The fraction of sp³-hybridized carbons (Fsp3) is 0.320. The number of aromatic amines is 1. The van der Waals surface area contributed by atoms with E-state index in [9.17, 15) is 22.8 Å². The molecule has 184 valence electrons. The number of sulfonamides is 1. The molecule has 9 nitrogen and oxygen atoms in total. The first-order valence-electron chi connectivity index (χ1n) is 11.4. The SMILES string of the molecule is CC(=O)N[C@@H](Cc1c[nH]c2ccccc12)C(=O)N1CCN(S(=O)(=O)c2ccc(C(C)=O)cc2)CC1. The topological polar surface area (TPSA) is 120 Å². The number of ketones is 1. The third-order valence-corrected chi connectivity index (χ3v) is 8.14. The van der Waals surface area contributed by atoms with E-state index in [1.54, 1.807) is 4.90 Å². The molecule has 0 unspecified atom stereocenters. The van der Waals surface area contributed by atoms with Crippen LogP contribution in [0.4, 0.5) is 0 Å². The van der Waals surface area contributed by atoms with Gasteiger partial charge in [0, 0.05) is 62.2 Å². The van der Waals surface area contributed by atoms with E-state index in [1.165, 1.54) is 42.4 Å². The minimum atomic E-state index is -3.75. The Labute approximate surface area is 204 Å². The van der Waals surface area contributed by atoms with E-state index in [-0.39, 0.29) is 48.7 Å². The van der Waals surface area contributed by atoms with Crippen LogP contribution in [0.25, 0.3) is 10.9 Å². The quantitative estimate of drug-likeness (QED) is 0.485. The summed E-state index contributed by atoms with van der Waals surface area (Å²) in [6.45, 7) is 3.51. The molecule has 1 aromatic heterocycles. The molecule has 1 aliphatic heterocycles. The van der Waals surface area contributed by atoms with Crippen molar-refractivity contribution < 1.29 is 22.8 Å². The Morgan fingerprint density at radius 3 is 2.26 bits per heavy atom. The summed E-state index contributed by atoms with van der Waals surface area (Å²) in [5, 5.41) is 3.75. The maximum atomic E-state index is 13.3. The molecule has 1 atom stereocenters. The maximum absolute atomic E-state index is 13.3. The van der Waals surface area contributed by atoms with Crippen molar-refractivity contribution >= 4 is 38.5 Å². The summed E-state index contributed by atoms with van der Waals surface area (Å²) < 4.78 is 27.4. The number of aromatic nitrogens is 1. The molecule has 10 heteroatoms. The fourth-order valence-corrected chi connectivity index (χ4v) is 5.77. The molecule has 0 aliphatic carbocycles. The number of Topliss-reactive ketones (excluding diaryl/α,β-unsaturated/α-hetero) is 1. The van der Waals surface area contributed by atoms with Crippen molar-refractivity contribution in [1.29, 1.82) is 0 Å². The van der Waals surface area contributed by atoms with Crippen molar-refractivity contribution in [2.45, 2.75) is 31.2 Å². The van der Waals surface area contributed by atoms with E-state index in [0.717, 1.165) is 16.5 Å². The Balaban J connectivity index is 1.45. The van der Waals surface area contributed by atoms with Gasteiger partial charge in [-0.15, -0.1) is 0 Å². The number of nitrogens with one attached hydrogen (secondary N) is 2. The van der Waals surface area contributed by atoms with E-state index >= 15 is 0 Å². The van der Waals surface area contributed by atoms with Gasteiger partial charge in [-0.2, -0.15) is 4.31 Å². The molecule has 0 bridgehead atoms. The van der Waals surface area contributed by atoms with Gasteiger partial charge in [0.25, 0.3) is 0 Å². The van der Waals surface area contributed by atoms with E-state index < -0.39 is 16.1 Å². The van der Waals surface area contributed by atoms with Crippen LogP contribution in [0.1, 0.15) is 29.8 Å². The minimum Gasteiger partial charge on any atom is -0.361 e. The highest BCUT2D eigenvalue weighted by molar-refractivity contribution is 7.89. The van der Waals surface area contributed by atoms with Gasteiger partial charge >= 0.3 is 0 Å². The molecule has 35 heavy (non-hydrogen) atoms. The molecule has 2 heterocycles. The Hall–Kier alpha value is -3.50. The molecular weight excluding hydrogens is 468 g/mol. The van der Waals surface area contributed by atoms with Crippen LogP contribution in [-0.2, 0) is 26.0 Å². The summed E-state index contributed by atoms with van der Waals surface area (Å²) in [5.74, 6) is -0.686. The number of H-pyrrole nitrogens is 1. The van der Waals surface area contributed by atoms with Crippen LogP contribution in [-0.4, -0.2) is 72.4 Å². The second-order valence-electron chi connectivity index (χ2n) is 8.63. The number of benzene rings is 2. The largest absolute Gasteiger partial charge is 0.361 e. The van der Waals surface area contributed by atoms with Gasteiger partial charge < -0.3 is 15.2 Å². The lowest BCUT2D eigenvalue weighted by molar-refractivity contribution is -0.137. The first kappa shape index (κ1) is 24.6. The highest BCUT2D eigenvalue weighted by atomic mass is 32.2. The lowest BCUT2D eigenvalue weighted by Crippen LogP contribution is -2.56. The van der Waals surface area contributed by atoms with E-state index in [2.05, 4.69) is 10.3 Å².